The molecule has 5 unspecified atom stereocenters. The largest absolute Gasteiger partial charge is 0.444 e. The highest BCUT2D eigenvalue weighted by atomic mass is 16.8. The van der Waals surface area contributed by atoms with Gasteiger partial charge in [0.25, 0.3) is 0 Å². The fourth-order valence-corrected chi connectivity index (χ4v) is 4.07. The first kappa shape index (κ1) is 23.0. The zero-order valence-electron chi connectivity index (χ0n) is 19.1. The molecule has 9 nitrogen and oxygen atoms in total. The molecule has 9 heteroatoms. The van der Waals surface area contributed by atoms with Crippen LogP contribution in [-0.4, -0.2) is 65.7 Å². The number of benzene rings is 1. The van der Waals surface area contributed by atoms with Gasteiger partial charge in [0.05, 0.1) is 19.3 Å². The van der Waals surface area contributed by atoms with Gasteiger partial charge < -0.3 is 28.4 Å². The van der Waals surface area contributed by atoms with Crippen LogP contribution in [0.15, 0.2) is 30.3 Å². The molecular formula is C23H31NO8. The number of imide groups is 1. The van der Waals surface area contributed by atoms with E-state index < -0.39 is 54.3 Å². The molecule has 1 aromatic carbocycles. The van der Waals surface area contributed by atoms with E-state index in [-0.39, 0.29) is 6.54 Å². The third kappa shape index (κ3) is 5.23. The van der Waals surface area contributed by atoms with Crippen LogP contribution in [0.5, 0.6) is 0 Å². The molecule has 0 N–H and O–H groups in total. The van der Waals surface area contributed by atoms with Crippen molar-refractivity contribution in [3.8, 4) is 0 Å². The molecule has 176 valence electrons. The van der Waals surface area contributed by atoms with E-state index in [1.54, 1.807) is 20.8 Å². The normalized spacial score (nSPS) is 31.5. The summed E-state index contributed by atoms with van der Waals surface area (Å²) >= 11 is 0. The number of ether oxygens (including phenoxy) is 6. The van der Waals surface area contributed by atoms with Gasteiger partial charge in [-0.05, 0) is 40.2 Å². The third-order valence-electron chi connectivity index (χ3n) is 5.36. The van der Waals surface area contributed by atoms with Crippen molar-refractivity contribution in [2.75, 3.05) is 6.54 Å². The number of amides is 2. The Morgan fingerprint density at radius 1 is 1.19 bits per heavy atom. The fraction of sp³-hybridized carbons (Fsp3) is 0.652. The topological polar surface area (TPSA) is 92.8 Å². The maximum atomic E-state index is 12.3. The number of carbonyl (C=O) groups is 2. The van der Waals surface area contributed by atoms with Gasteiger partial charge in [0.2, 0.25) is 0 Å². The number of rotatable bonds is 5. The van der Waals surface area contributed by atoms with Gasteiger partial charge in [0.1, 0.15) is 23.9 Å². The maximum Gasteiger partial charge on any atom is 0.419 e. The van der Waals surface area contributed by atoms with E-state index in [0.717, 1.165) is 10.5 Å². The van der Waals surface area contributed by atoms with Crippen molar-refractivity contribution in [2.45, 2.75) is 89.7 Å². The minimum atomic E-state index is -0.776. The van der Waals surface area contributed by atoms with E-state index in [9.17, 15) is 9.59 Å². The lowest BCUT2D eigenvalue weighted by Crippen LogP contribution is -2.40. The first-order valence-electron chi connectivity index (χ1n) is 10.9. The standard InChI is InChI=1S/C23H31NO8/c1-22(2,3)32-21(26)24-12-15(28-20(24)25)11-16-17(27-13-14-9-7-6-8-10-14)18-19(29-16)31-23(4,5)30-18/h6-10,15-19H,11-13H2,1-5H3. The molecule has 0 saturated carbocycles. The molecule has 3 heterocycles. The molecule has 5 atom stereocenters. The second-order valence-electron chi connectivity index (χ2n) is 9.74. The smallest absolute Gasteiger partial charge is 0.419 e. The van der Waals surface area contributed by atoms with Crippen molar-refractivity contribution in [2.24, 2.45) is 0 Å². The summed E-state index contributed by atoms with van der Waals surface area (Å²) in [4.78, 5) is 25.5. The van der Waals surface area contributed by atoms with Gasteiger partial charge in [-0.25, -0.2) is 14.5 Å². The van der Waals surface area contributed by atoms with Crippen LogP contribution < -0.4 is 0 Å². The Bertz CT molecular complexity index is 836. The molecule has 1 aromatic rings. The van der Waals surface area contributed by atoms with Gasteiger partial charge in [0.15, 0.2) is 12.1 Å². The van der Waals surface area contributed by atoms with E-state index in [2.05, 4.69) is 0 Å². The molecule has 3 aliphatic rings. The number of carbonyl (C=O) groups excluding carboxylic acids is 2. The minimum Gasteiger partial charge on any atom is -0.444 e. The lowest BCUT2D eigenvalue weighted by atomic mass is 10.0. The molecule has 4 rings (SSSR count). The molecule has 0 spiro atoms. The quantitative estimate of drug-likeness (QED) is 0.673. The number of nitrogens with zero attached hydrogens (tertiary/aromatic N) is 1. The third-order valence-corrected chi connectivity index (χ3v) is 5.36. The Balaban J connectivity index is 1.41. The summed E-state index contributed by atoms with van der Waals surface area (Å²) in [6.45, 7) is 9.35. The second-order valence-corrected chi connectivity index (χ2v) is 9.74. The molecule has 0 bridgehead atoms. The van der Waals surface area contributed by atoms with Crippen LogP contribution in [0.2, 0.25) is 0 Å². The minimum absolute atomic E-state index is 0.0849. The van der Waals surface area contributed by atoms with Gasteiger partial charge >= 0.3 is 12.2 Å². The molecule has 0 aliphatic carbocycles. The molecule has 3 aliphatic heterocycles. The van der Waals surface area contributed by atoms with Gasteiger partial charge in [-0.2, -0.15) is 0 Å². The molecule has 0 radical (unpaired) electrons. The molecule has 0 aromatic heterocycles. The van der Waals surface area contributed by atoms with Crippen molar-refractivity contribution in [1.29, 1.82) is 0 Å². The summed E-state index contributed by atoms with van der Waals surface area (Å²) in [5, 5.41) is 0. The van der Waals surface area contributed by atoms with Crippen molar-refractivity contribution in [1.82, 2.24) is 4.90 Å². The van der Waals surface area contributed by atoms with E-state index >= 15 is 0 Å². The Morgan fingerprint density at radius 2 is 1.91 bits per heavy atom. The van der Waals surface area contributed by atoms with Crippen molar-refractivity contribution in [3.05, 3.63) is 35.9 Å². The average molecular weight is 450 g/mol. The van der Waals surface area contributed by atoms with Crippen LogP contribution in [-0.2, 0) is 35.0 Å². The van der Waals surface area contributed by atoms with Crippen LogP contribution in [0.25, 0.3) is 0 Å². The fourth-order valence-electron chi connectivity index (χ4n) is 4.07. The summed E-state index contributed by atoms with van der Waals surface area (Å²) in [5.41, 5.74) is 0.315. The Labute approximate surface area is 187 Å². The highest BCUT2D eigenvalue weighted by molar-refractivity contribution is 5.89. The SMILES string of the molecule is CC(C)(C)OC(=O)N1CC(CC2OC3OC(C)(C)OC3C2OCc2ccccc2)OC1=O. The number of fused-ring (bicyclic) bond motifs is 1. The molecule has 32 heavy (non-hydrogen) atoms. The van der Waals surface area contributed by atoms with E-state index in [1.807, 2.05) is 44.2 Å². The Kier molecular flexibility index (Phi) is 6.19. The Morgan fingerprint density at radius 3 is 2.59 bits per heavy atom. The van der Waals surface area contributed by atoms with Crippen LogP contribution in [0.1, 0.15) is 46.6 Å². The summed E-state index contributed by atoms with van der Waals surface area (Å²) < 4.78 is 34.9. The lowest BCUT2D eigenvalue weighted by Gasteiger charge is -2.27. The number of cyclic esters (lactones) is 1. The van der Waals surface area contributed by atoms with Gasteiger partial charge in [-0.3, -0.25) is 0 Å². The zero-order chi connectivity index (χ0) is 23.1. The maximum absolute atomic E-state index is 12.3. The van der Waals surface area contributed by atoms with Crippen LogP contribution in [0.3, 0.4) is 0 Å². The van der Waals surface area contributed by atoms with Crippen molar-refractivity contribution in [3.63, 3.8) is 0 Å². The van der Waals surface area contributed by atoms with Gasteiger partial charge in [-0.1, -0.05) is 30.3 Å². The summed E-state index contributed by atoms with van der Waals surface area (Å²) in [5.74, 6) is -0.776. The predicted molar refractivity (Wildman–Crippen MR) is 112 cm³/mol. The number of hydrogen-bond donors (Lipinski definition) is 0. The molecular weight excluding hydrogens is 418 g/mol. The predicted octanol–water partition coefficient (Wildman–Crippen LogP) is 3.59. The summed E-state index contributed by atoms with van der Waals surface area (Å²) in [6, 6.07) is 9.81. The molecule has 2 amide bonds. The van der Waals surface area contributed by atoms with E-state index in [0.29, 0.717) is 13.0 Å². The van der Waals surface area contributed by atoms with E-state index in [1.165, 1.54) is 0 Å². The monoisotopic (exact) mass is 449 g/mol. The average Bonchev–Trinajstić information content (AvgIpc) is 3.29. The van der Waals surface area contributed by atoms with Crippen LogP contribution in [0.4, 0.5) is 9.59 Å². The van der Waals surface area contributed by atoms with Gasteiger partial charge in [-0.15, -0.1) is 0 Å². The van der Waals surface area contributed by atoms with Crippen LogP contribution >= 0.6 is 0 Å². The Hall–Kier alpha value is -2.20. The highest BCUT2D eigenvalue weighted by Crippen LogP contribution is 2.40. The zero-order valence-corrected chi connectivity index (χ0v) is 19.1. The number of hydrogen-bond acceptors (Lipinski definition) is 8. The van der Waals surface area contributed by atoms with Gasteiger partial charge in [0, 0.05) is 6.42 Å². The molecule has 3 saturated heterocycles. The lowest BCUT2D eigenvalue weighted by molar-refractivity contribution is -0.221. The second kappa shape index (κ2) is 8.62. The summed E-state index contributed by atoms with van der Waals surface area (Å²) in [6.07, 6.45) is -3.48. The van der Waals surface area contributed by atoms with Crippen molar-refractivity contribution >= 4 is 12.2 Å². The van der Waals surface area contributed by atoms with E-state index in [4.69, 9.17) is 28.4 Å². The van der Waals surface area contributed by atoms with Crippen LogP contribution in [0, 0.1) is 0 Å². The summed E-state index contributed by atoms with van der Waals surface area (Å²) in [7, 11) is 0. The van der Waals surface area contributed by atoms with Crippen molar-refractivity contribution < 1.29 is 38.0 Å². The molecule has 3 fully saturated rings. The first-order chi connectivity index (χ1) is 15.0. The first-order valence-corrected chi connectivity index (χ1v) is 10.9. The highest BCUT2D eigenvalue weighted by Gasteiger charge is 2.56.